The van der Waals surface area contributed by atoms with E-state index in [2.05, 4.69) is 17.6 Å². The zero-order valence-corrected chi connectivity index (χ0v) is 18.6. The fourth-order valence-corrected chi connectivity index (χ4v) is 3.38. The molecule has 0 radical (unpaired) electrons. The van der Waals surface area contributed by atoms with Crippen molar-refractivity contribution < 1.29 is 24.2 Å². The van der Waals surface area contributed by atoms with Crippen LogP contribution in [-0.2, 0) is 9.47 Å². The van der Waals surface area contributed by atoms with Crippen molar-refractivity contribution in [2.24, 2.45) is 5.92 Å². The van der Waals surface area contributed by atoms with Gasteiger partial charge in [-0.25, -0.2) is 9.59 Å². The molecule has 3 N–H and O–H groups in total. The first-order valence-electron chi connectivity index (χ1n) is 10.4. The van der Waals surface area contributed by atoms with Crippen molar-refractivity contribution in [1.82, 2.24) is 10.6 Å². The van der Waals surface area contributed by atoms with Gasteiger partial charge in [-0.15, -0.1) is 0 Å². The maximum absolute atomic E-state index is 11.4. The van der Waals surface area contributed by atoms with E-state index in [0.717, 1.165) is 31.6 Å². The van der Waals surface area contributed by atoms with Gasteiger partial charge in [-0.3, -0.25) is 0 Å². The van der Waals surface area contributed by atoms with Gasteiger partial charge in [0.1, 0.15) is 11.2 Å². The standard InChI is InChI=1S/C11H21NO2.C10H19NO3/c1-8-5-6-9(7-8)12-10(13)14-11(2,3)4;1-10(2,3)14-9(13)11-7-4-5-8(12)6-7/h8-9H,5-7H2,1-4H3,(H,12,13);7-8,12H,4-6H2,1-3H3,(H,11,13)/t8-,9+;7-,8+/m01/s1. The third-order valence-corrected chi connectivity index (χ3v) is 4.54. The number of nitrogens with one attached hydrogen (secondary N) is 2. The molecule has 2 fully saturated rings. The Labute approximate surface area is 169 Å². The van der Waals surface area contributed by atoms with Crippen LogP contribution in [0.15, 0.2) is 0 Å². The molecule has 0 aromatic heterocycles. The zero-order valence-electron chi connectivity index (χ0n) is 18.6. The number of rotatable bonds is 2. The number of aliphatic hydroxyl groups excluding tert-OH is 1. The van der Waals surface area contributed by atoms with Crippen molar-refractivity contribution >= 4 is 12.2 Å². The molecular weight excluding hydrogens is 360 g/mol. The molecule has 2 rings (SSSR count). The van der Waals surface area contributed by atoms with E-state index in [1.165, 1.54) is 6.42 Å². The molecule has 0 heterocycles. The van der Waals surface area contributed by atoms with Gasteiger partial charge in [-0.2, -0.15) is 0 Å². The van der Waals surface area contributed by atoms with E-state index >= 15 is 0 Å². The summed E-state index contributed by atoms with van der Waals surface area (Å²) >= 11 is 0. The summed E-state index contributed by atoms with van der Waals surface area (Å²) in [6.07, 6.45) is 4.67. The van der Waals surface area contributed by atoms with Crippen molar-refractivity contribution in [2.45, 2.75) is 116 Å². The van der Waals surface area contributed by atoms with Gasteiger partial charge in [0.15, 0.2) is 0 Å². The van der Waals surface area contributed by atoms with Crippen molar-refractivity contribution in [2.75, 3.05) is 0 Å². The Kier molecular flexibility index (Phi) is 9.05. The second kappa shape index (κ2) is 10.3. The number of carbonyl (C=O) groups is 2. The van der Waals surface area contributed by atoms with Crippen LogP contribution in [0.2, 0.25) is 0 Å². The maximum atomic E-state index is 11.4. The van der Waals surface area contributed by atoms with Crippen LogP contribution in [-0.4, -0.2) is 46.7 Å². The van der Waals surface area contributed by atoms with Crippen LogP contribution in [0.25, 0.3) is 0 Å². The lowest BCUT2D eigenvalue weighted by Gasteiger charge is -2.21. The molecule has 7 heteroatoms. The molecular formula is C21H40N2O5. The van der Waals surface area contributed by atoms with Crippen LogP contribution in [0.3, 0.4) is 0 Å². The average Bonchev–Trinajstić information content (AvgIpc) is 3.04. The molecule has 0 unspecified atom stereocenters. The van der Waals surface area contributed by atoms with Crippen LogP contribution >= 0.6 is 0 Å². The summed E-state index contributed by atoms with van der Waals surface area (Å²) < 4.78 is 10.3. The normalized spacial score (nSPS) is 27.4. The van der Waals surface area contributed by atoms with Gasteiger partial charge >= 0.3 is 12.2 Å². The van der Waals surface area contributed by atoms with Crippen molar-refractivity contribution in [3.8, 4) is 0 Å². The number of ether oxygens (including phenoxy) is 2. The summed E-state index contributed by atoms with van der Waals surface area (Å²) in [7, 11) is 0. The average molecular weight is 401 g/mol. The highest BCUT2D eigenvalue weighted by Crippen LogP contribution is 2.24. The van der Waals surface area contributed by atoms with Gasteiger partial charge < -0.3 is 25.2 Å². The minimum absolute atomic E-state index is 0.0693. The van der Waals surface area contributed by atoms with Gasteiger partial charge in [0.25, 0.3) is 0 Å². The highest BCUT2D eigenvalue weighted by molar-refractivity contribution is 5.68. The summed E-state index contributed by atoms with van der Waals surface area (Å²) in [5.74, 6) is 0.731. The number of aliphatic hydroxyl groups is 1. The van der Waals surface area contributed by atoms with E-state index in [-0.39, 0.29) is 18.2 Å². The van der Waals surface area contributed by atoms with E-state index in [0.29, 0.717) is 12.5 Å². The lowest BCUT2D eigenvalue weighted by molar-refractivity contribution is 0.0491. The topological polar surface area (TPSA) is 96.9 Å². The maximum Gasteiger partial charge on any atom is 0.407 e. The molecule has 0 aromatic carbocycles. The predicted molar refractivity (Wildman–Crippen MR) is 109 cm³/mol. The van der Waals surface area contributed by atoms with Gasteiger partial charge in [-0.1, -0.05) is 6.92 Å². The zero-order chi connectivity index (χ0) is 21.5. The van der Waals surface area contributed by atoms with Crippen molar-refractivity contribution in [3.63, 3.8) is 0 Å². The first-order valence-corrected chi connectivity index (χ1v) is 10.4. The van der Waals surface area contributed by atoms with Crippen LogP contribution in [0.4, 0.5) is 9.59 Å². The van der Waals surface area contributed by atoms with E-state index in [4.69, 9.17) is 9.47 Å². The quantitative estimate of drug-likeness (QED) is 0.648. The second-order valence-corrected chi connectivity index (χ2v) is 10.1. The third-order valence-electron chi connectivity index (χ3n) is 4.54. The SMILES string of the molecule is CC(C)(C)OC(=O)N[C@@H]1CC[C@H](O)C1.C[C@H]1CC[C@@H](NC(=O)OC(C)(C)C)C1. The molecule has 0 saturated heterocycles. The van der Waals surface area contributed by atoms with E-state index in [1.54, 1.807) is 0 Å². The third kappa shape index (κ3) is 11.4. The first-order chi connectivity index (χ1) is 12.7. The number of carbonyl (C=O) groups excluding carboxylic acids is 2. The monoisotopic (exact) mass is 400 g/mol. The number of hydrogen-bond acceptors (Lipinski definition) is 5. The smallest absolute Gasteiger partial charge is 0.407 e. The molecule has 164 valence electrons. The molecule has 0 aliphatic heterocycles. The highest BCUT2D eigenvalue weighted by Gasteiger charge is 2.26. The number of amides is 2. The lowest BCUT2D eigenvalue weighted by Crippen LogP contribution is -2.38. The highest BCUT2D eigenvalue weighted by atomic mass is 16.6. The van der Waals surface area contributed by atoms with Gasteiger partial charge in [0.05, 0.1) is 6.10 Å². The fourth-order valence-electron chi connectivity index (χ4n) is 3.38. The minimum atomic E-state index is -0.457. The van der Waals surface area contributed by atoms with Gasteiger partial charge in [0, 0.05) is 12.1 Å². The van der Waals surface area contributed by atoms with E-state index in [1.807, 2.05) is 41.5 Å². The Morgan fingerprint density at radius 2 is 1.21 bits per heavy atom. The van der Waals surface area contributed by atoms with Crippen molar-refractivity contribution in [3.05, 3.63) is 0 Å². The van der Waals surface area contributed by atoms with E-state index < -0.39 is 17.3 Å². The molecule has 2 aliphatic carbocycles. The molecule has 0 aromatic rings. The van der Waals surface area contributed by atoms with Crippen LogP contribution in [0.5, 0.6) is 0 Å². The Bertz CT molecular complexity index is 464. The Hall–Kier alpha value is -1.50. The summed E-state index contributed by atoms with van der Waals surface area (Å²) in [6.45, 7) is 13.3. The Morgan fingerprint density at radius 1 is 0.786 bits per heavy atom. The van der Waals surface area contributed by atoms with Crippen molar-refractivity contribution in [1.29, 1.82) is 0 Å². The summed E-state index contributed by atoms with van der Waals surface area (Å²) in [6, 6.07) is 0.389. The molecule has 4 atom stereocenters. The fraction of sp³-hybridized carbons (Fsp3) is 0.905. The van der Waals surface area contributed by atoms with Crippen LogP contribution in [0.1, 0.15) is 87.0 Å². The van der Waals surface area contributed by atoms with E-state index in [9.17, 15) is 14.7 Å². The molecule has 28 heavy (non-hydrogen) atoms. The second-order valence-electron chi connectivity index (χ2n) is 10.1. The van der Waals surface area contributed by atoms with Crippen LogP contribution in [0, 0.1) is 5.92 Å². The summed E-state index contributed by atoms with van der Waals surface area (Å²) in [5.41, 5.74) is -0.852. The number of alkyl carbamates (subject to hydrolysis) is 2. The van der Waals surface area contributed by atoms with Gasteiger partial charge in [0.2, 0.25) is 0 Å². The number of hydrogen-bond donors (Lipinski definition) is 3. The Balaban J connectivity index is 0.000000280. The molecule has 7 nitrogen and oxygen atoms in total. The largest absolute Gasteiger partial charge is 0.444 e. The first kappa shape index (κ1) is 24.5. The Morgan fingerprint density at radius 3 is 1.54 bits per heavy atom. The van der Waals surface area contributed by atoms with Crippen LogP contribution < -0.4 is 10.6 Å². The molecule has 0 spiro atoms. The lowest BCUT2D eigenvalue weighted by atomic mass is 10.1. The summed E-state index contributed by atoms with van der Waals surface area (Å²) in [5, 5.41) is 14.9. The van der Waals surface area contributed by atoms with Gasteiger partial charge in [-0.05, 0) is 86.0 Å². The molecule has 2 aliphatic rings. The predicted octanol–water partition coefficient (Wildman–Crippen LogP) is 4.12. The molecule has 2 amide bonds. The summed E-state index contributed by atoms with van der Waals surface area (Å²) in [4.78, 5) is 22.7. The molecule has 2 saturated carbocycles. The minimum Gasteiger partial charge on any atom is -0.444 e. The molecule has 0 bridgehead atoms.